The van der Waals surface area contributed by atoms with Crippen LogP contribution >= 0.6 is 0 Å². The van der Waals surface area contributed by atoms with Gasteiger partial charge in [0, 0.05) is 24.0 Å². The van der Waals surface area contributed by atoms with E-state index in [-0.39, 0.29) is 11.9 Å². The van der Waals surface area contributed by atoms with E-state index in [1.165, 1.54) is 0 Å². The van der Waals surface area contributed by atoms with Crippen molar-refractivity contribution in [3.8, 4) is 0 Å². The Kier molecular flexibility index (Phi) is 4.48. The molecule has 26 heavy (non-hydrogen) atoms. The van der Waals surface area contributed by atoms with Gasteiger partial charge in [0.25, 0.3) is 0 Å². The van der Waals surface area contributed by atoms with Crippen molar-refractivity contribution in [2.45, 2.75) is 12.5 Å². The Morgan fingerprint density at radius 2 is 1.69 bits per heavy atom. The second-order valence-electron chi connectivity index (χ2n) is 6.19. The van der Waals surface area contributed by atoms with Crippen molar-refractivity contribution in [2.75, 3.05) is 5.32 Å². The Bertz CT molecular complexity index is 1000. The van der Waals surface area contributed by atoms with Gasteiger partial charge in [-0.15, -0.1) is 0 Å². The minimum absolute atomic E-state index is 0.0364. The summed E-state index contributed by atoms with van der Waals surface area (Å²) >= 11 is 0. The van der Waals surface area contributed by atoms with E-state index in [1.54, 1.807) is 6.20 Å². The molecule has 2 heterocycles. The zero-order chi connectivity index (χ0) is 17.8. The lowest BCUT2D eigenvalue weighted by Crippen LogP contribution is -2.19. The predicted molar refractivity (Wildman–Crippen MR) is 104 cm³/mol. The summed E-state index contributed by atoms with van der Waals surface area (Å²) in [6.07, 6.45) is 6.07. The highest BCUT2D eigenvalue weighted by Gasteiger charge is 2.18. The second kappa shape index (κ2) is 7.23. The molecule has 4 rings (SSSR count). The molecule has 1 amide bonds. The summed E-state index contributed by atoms with van der Waals surface area (Å²) in [5.41, 5.74) is 2.66. The first-order chi connectivity index (χ1) is 12.8. The number of nitrogens with zero attached hydrogens (tertiary/aromatic N) is 2. The van der Waals surface area contributed by atoms with Crippen molar-refractivity contribution >= 4 is 22.5 Å². The largest absolute Gasteiger partial charge is 0.346 e. The van der Waals surface area contributed by atoms with Crippen LogP contribution in [0.4, 0.5) is 5.69 Å². The molecular formula is C22H19N3O. The van der Waals surface area contributed by atoms with E-state index in [9.17, 15) is 4.79 Å². The molecule has 2 aromatic carbocycles. The quantitative estimate of drug-likeness (QED) is 0.574. The van der Waals surface area contributed by atoms with Crippen LogP contribution in [0.2, 0.25) is 0 Å². The highest BCUT2D eigenvalue weighted by Crippen LogP contribution is 2.25. The fourth-order valence-electron chi connectivity index (χ4n) is 3.21. The highest BCUT2D eigenvalue weighted by atomic mass is 16.1. The zero-order valence-electron chi connectivity index (χ0n) is 14.2. The number of hydrogen-bond donors (Lipinski definition) is 1. The third kappa shape index (κ3) is 3.35. The van der Waals surface area contributed by atoms with Gasteiger partial charge in [-0.05, 0) is 29.8 Å². The summed E-state index contributed by atoms with van der Waals surface area (Å²) in [5.74, 6) is -0.0364. The smallest absolute Gasteiger partial charge is 0.226 e. The first kappa shape index (κ1) is 16.1. The molecule has 128 valence electrons. The number of anilines is 1. The van der Waals surface area contributed by atoms with Crippen LogP contribution in [-0.2, 0) is 4.79 Å². The number of para-hydroxylation sites is 1. The van der Waals surface area contributed by atoms with Gasteiger partial charge in [-0.1, -0.05) is 48.5 Å². The zero-order valence-corrected chi connectivity index (χ0v) is 14.2. The van der Waals surface area contributed by atoms with Gasteiger partial charge >= 0.3 is 0 Å². The number of rotatable bonds is 5. The molecule has 0 fully saturated rings. The molecule has 1 atom stereocenters. The van der Waals surface area contributed by atoms with Crippen LogP contribution in [0, 0.1) is 0 Å². The van der Waals surface area contributed by atoms with Crippen LogP contribution < -0.4 is 5.32 Å². The number of pyridine rings is 1. The van der Waals surface area contributed by atoms with E-state index in [1.807, 2.05) is 73.1 Å². The van der Waals surface area contributed by atoms with Gasteiger partial charge in [-0.25, -0.2) is 0 Å². The van der Waals surface area contributed by atoms with E-state index in [4.69, 9.17) is 0 Å². The van der Waals surface area contributed by atoms with Crippen molar-refractivity contribution in [1.82, 2.24) is 9.55 Å². The molecule has 0 bridgehead atoms. The number of carbonyl (C=O) groups is 1. The monoisotopic (exact) mass is 341 g/mol. The number of aromatic nitrogens is 2. The van der Waals surface area contributed by atoms with Crippen LogP contribution in [0.15, 0.2) is 91.4 Å². The molecule has 4 heteroatoms. The number of hydrogen-bond acceptors (Lipinski definition) is 2. The van der Waals surface area contributed by atoms with Crippen molar-refractivity contribution in [1.29, 1.82) is 0 Å². The highest BCUT2D eigenvalue weighted by molar-refractivity contribution is 6.00. The molecule has 0 spiro atoms. The third-order valence-electron chi connectivity index (χ3n) is 4.46. The molecule has 1 N–H and O–H groups in total. The number of nitrogens with one attached hydrogen (secondary N) is 1. The summed E-state index contributed by atoms with van der Waals surface area (Å²) < 4.78 is 2.07. The van der Waals surface area contributed by atoms with E-state index in [2.05, 4.69) is 27.0 Å². The summed E-state index contributed by atoms with van der Waals surface area (Å²) in [4.78, 5) is 17.2. The minimum atomic E-state index is -0.0471. The topological polar surface area (TPSA) is 46.9 Å². The van der Waals surface area contributed by atoms with Crippen molar-refractivity contribution < 1.29 is 4.79 Å². The Morgan fingerprint density at radius 3 is 2.50 bits per heavy atom. The first-order valence-electron chi connectivity index (χ1n) is 8.62. The van der Waals surface area contributed by atoms with E-state index in [0.29, 0.717) is 6.42 Å². The molecule has 2 aromatic heterocycles. The molecule has 4 nitrogen and oxygen atoms in total. The van der Waals surface area contributed by atoms with Crippen LogP contribution in [0.3, 0.4) is 0 Å². The van der Waals surface area contributed by atoms with Crippen LogP contribution in [-0.4, -0.2) is 15.5 Å². The fraction of sp³-hybridized carbons (Fsp3) is 0.0909. The van der Waals surface area contributed by atoms with Gasteiger partial charge in [0.15, 0.2) is 0 Å². The maximum Gasteiger partial charge on any atom is 0.226 e. The molecule has 0 aliphatic rings. The van der Waals surface area contributed by atoms with Gasteiger partial charge in [-0.2, -0.15) is 0 Å². The lowest BCUT2D eigenvalue weighted by molar-refractivity contribution is -0.116. The predicted octanol–water partition coefficient (Wildman–Crippen LogP) is 4.65. The van der Waals surface area contributed by atoms with Gasteiger partial charge in [0.2, 0.25) is 5.91 Å². The van der Waals surface area contributed by atoms with E-state index >= 15 is 0 Å². The molecular weight excluding hydrogens is 322 g/mol. The van der Waals surface area contributed by atoms with E-state index < -0.39 is 0 Å². The number of fused-ring (bicyclic) bond motifs is 1. The standard InChI is InChI=1S/C22H19N3O/c26-21(24-19-12-6-10-18-11-7-13-23-22(18)19)16-20(25-14-4-5-15-25)17-8-2-1-3-9-17/h1-15,20H,16H2,(H,24,26). The Labute approximate surface area is 152 Å². The molecule has 1 unspecified atom stereocenters. The van der Waals surface area contributed by atoms with Crippen molar-refractivity contribution in [2.24, 2.45) is 0 Å². The third-order valence-corrected chi connectivity index (χ3v) is 4.46. The molecule has 0 aliphatic carbocycles. The van der Waals surface area contributed by atoms with Gasteiger partial charge in [0.05, 0.1) is 23.7 Å². The molecule has 0 saturated heterocycles. The van der Waals surface area contributed by atoms with Gasteiger partial charge < -0.3 is 9.88 Å². The number of carbonyl (C=O) groups excluding carboxylic acids is 1. The van der Waals surface area contributed by atoms with Crippen molar-refractivity contribution in [3.63, 3.8) is 0 Å². The van der Waals surface area contributed by atoms with Crippen LogP contribution in [0.25, 0.3) is 10.9 Å². The molecule has 0 aliphatic heterocycles. The lowest BCUT2D eigenvalue weighted by atomic mass is 10.0. The molecule has 4 aromatic rings. The summed E-state index contributed by atoms with van der Waals surface area (Å²) in [7, 11) is 0. The SMILES string of the molecule is O=C(CC(c1ccccc1)n1cccc1)Nc1cccc2cccnc12. The molecule has 0 radical (unpaired) electrons. The molecule has 0 saturated carbocycles. The average molecular weight is 341 g/mol. The normalized spacial score (nSPS) is 12.0. The average Bonchev–Trinajstić information content (AvgIpc) is 3.22. The summed E-state index contributed by atoms with van der Waals surface area (Å²) in [5, 5.41) is 4.04. The minimum Gasteiger partial charge on any atom is -0.346 e. The van der Waals surface area contributed by atoms with Gasteiger partial charge in [-0.3, -0.25) is 9.78 Å². The maximum atomic E-state index is 12.8. The maximum absolute atomic E-state index is 12.8. The first-order valence-corrected chi connectivity index (χ1v) is 8.62. The Morgan fingerprint density at radius 1 is 0.923 bits per heavy atom. The number of benzene rings is 2. The van der Waals surface area contributed by atoms with Crippen molar-refractivity contribution in [3.05, 3.63) is 97.0 Å². The Hall–Kier alpha value is -3.40. The van der Waals surface area contributed by atoms with Crippen LogP contribution in [0.5, 0.6) is 0 Å². The lowest BCUT2D eigenvalue weighted by Gasteiger charge is -2.19. The fourth-order valence-corrected chi connectivity index (χ4v) is 3.21. The van der Waals surface area contributed by atoms with E-state index in [0.717, 1.165) is 22.2 Å². The summed E-state index contributed by atoms with van der Waals surface area (Å²) in [6.45, 7) is 0. The summed E-state index contributed by atoms with van der Waals surface area (Å²) in [6, 6.07) is 23.7. The Balaban J connectivity index is 1.59. The van der Waals surface area contributed by atoms with Crippen LogP contribution in [0.1, 0.15) is 18.0 Å². The van der Waals surface area contributed by atoms with Gasteiger partial charge in [0.1, 0.15) is 0 Å². The number of amides is 1. The second-order valence-corrected chi connectivity index (χ2v) is 6.19.